The van der Waals surface area contributed by atoms with E-state index in [4.69, 9.17) is 10.7 Å². The van der Waals surface area contributed by atoms with E-state index in [0.717, 1.165) is 56.2 Å². The number of carbonyl (C=O) groups excluding carboxylic acids is 1. The molecular formula is C23H41IN6O. The molecule has 4 N–H and O–H groups in total. The molecule has 0 radical (unpaired) electrons. The van der Waals surface area contributed by atoms with Crippen LogP contribution in [0.25, 0.3) is 0 Å². The van der Waals surface area contributed by atoms with Crippen molar-refractivity contribution in [1.82, 2.24) is 15.6 Å². The third-order valence-corrected chi connectivity index (χ3v) is 5.69. The monoisotopic (exact) mass is 544 g/mol. The van der Waals surface area contributed by atoms with Gasteiger partial charge in [-0.1, -0.05) is 38.7 Å². The fourth-order valence-corrected chi connectivity index (χ4v) is 3.88. The highest BCUT2D eigenvalue weighted by molar-refractivity contribution is 14.0. The number of anilines is 1. The number of guanidine groups is 1. The van der Waals surface area contributed by atoms with E-state index in [-0.39, 0.29) is 35.8 Å². The lowest BCUT2D eigenvalue weighted by molar-refractivity contribution is -0.122. The molecule has 7 nitrogen and oxygen atoms in total. The number of hydrogen-bond acceptors (Lipinski definition) is 4. The van der Waals surface area contributed by atoms with Gasteiger partial charge >= 0.3 is 0 Å². The molecule has 2 heterocycles. The van der Waals surface area contributed by atoms with Crippen molar-refractivity contribution in [1.29, 1.82) is 0 Å². The first kappa shape index (κ1) is 27.5. The summed E-state index contributed by atoms with van der Waals surface area (Å²) in [4.78, 5) is 23.1. The van der Waals surface area contributed by atoms with E-state index in [1.54, 1.807) is 0 Å². The summed E-state index contributed by atoms with van der Waals surface area (Å²) in [6.07, 6.45) is 9.66. The largest absolute Gasteiger partial charge is 0.369 e. The Balaban J connectivity index is 0.00000480. The normalized spacial score (nSPS) is 15.8. The van der Waals surface area contributed by atoms with Gasteiger partial charge in [0.05, 0.1) is 6.54 Å². The van der Waals surface area contributed by atoms with Crippen molar-refractivity contribution in [2.24, 2.45) is 16.6 Å². The number of piperidine rings is 1. The lowest BCUT2D eigenvalue weighted by Crippen LogP contribution is -2.42. The molecule has 0 saturated carbocycles. The van der Waals surface area contributed by atoms with Gasteiger partial charge in [-0.25, -0.2) is 9.98 Å². The number of aliphatic imine (C=N–C) groups is 1. The molecule has 2 rings (SSSR count). The fraction of sp³-hybridized carbons (Fsp3) is 0.696. The number of halogens is 1. The summed E-state index contributed by atoms with van der Waals surface area (Å²) < 4.78 is 0. The molecule has 176 valence electrons. The minimum absolute atomic E-state index is 0. The van der Waals surface area contributed by atoms with Crippen molar-refractivity contribution in [3.63, 3.8) is 0 Å². The van der Waals surface area contributed by atoms with Gasteiger partial charge in [-0.15, -0.1) is 24.0 Å². The molecule has 1 aliphatic heterocycles. The third-order valence-electron chi connectivity index (χ3n) is 5.69. The second kappa shape index (κ2) is 15.3. The molecular weight excluding hydrogens is 503 g/mol. The summed E-state index contributed by atoms with van der Waals surface area (Å²) in [6.45, 7) is 9.54. The first-order valence-electron chi connectivity index (χ1n) is 11.6. The van der Waals surface area contributed by atoms with E-state index >= 15 is 0 Å². The Labute approximate surface area is 205 Å². The Morgan fingerprint density at radius 1 is 1.29 bits per heavy atom. The van der Waals surface area contributed by atoms with E-state index < -0.39 is 0 Å². The van der Waals surface area contributed by atoms with E-state index in [9.17, 15) is 4.79 Å². The molecule has 1 saturated heterocycles. The van der Waals surface area contributed by atoms with Crippen molar-refractivity contribution in [2.45, 2.75) is 78.3 Å². The summed E-state index contributed by atoms with van der Waals surface area (Å²) in [6, 6.07) is 4.44. The molecule has 0 aromatic carbocycles. The van der Waals surface area contributed by atoms with E-state index in [1.165, 1.54) is 25.7 Å². The van der Waals surface area contributed by atoms with Gasteiger partial charge in [0.15, 0.2) is 5.96 Å². The van der Waals surface area contributed by atoms with E-state index in [1.807, 2.05) is 12.3 Å². The fourth-order valence-electron chi connectivity index (χ4n) is 3.88. The van der Waals surface area contributed by atoms with Crippen molar-refractivity contribution >= 4 is 41.7 Å². The lowest BCUT2D eigenvalue weighted by Gasteiger charge is -2.32. The second-order valence-electron chi connectivity index (χ2n) is 8.24. The first-order valence-corrected chi connectivity index (χ1v) is 11.6. The molecule has 31 heavy (non-hydrogen) atoms. The number of aromatic nitrogens is 1. The van der Waals surface area contributed by atoms with Gasteiger partial charge in [0.25, 0.3) is 0 Å². The first-order chi connectivity index (χ1) is 14.5. The lowest BCUT2D eigenvalue weighted by atomic mass is 9.96. The minimum Gasteiger partial charge on any atom is -0.369 e. The van der Waals surface area contributed by atoms with Gasteiger partial charge in [-0.3, -0.25) is 4.79 Å². The zero-order valence-corrected chi connectivity index (χ0v) is 21.7. The van der Waals surface area contributed by atoms with Crippen LogP contribution in [0.5, 0.6) is 0 Å². The van der Waals surface area contributed by atoms with Crippen LogP contribution in [-0.4, -0.2) is 42.5 Å². The van der Waals surface area contributed by atoms with Gasteiger partial charge in [0.1, 0.15) is 5.82 Å². The summed E-state index contributed by atoms with van der Waals surface area (Å²) in [5, 5.41) is 6.89. The van der Waals surface area contributed by atoms with Gasteiger partial charge in [-0.05, 0) is 39.2 Å². The molecule has 1 fully saturated rings. The number of nitrogens with zero attached hydrogens (tertiary/aromatic N) is 3. The number of primary amides is 1. The highest BCUT2D eigenvalue weighted by Crippen LogP contribution is 2.24. The number of unbranched alkanes of at least 4 members (excludes halogenated alkanes) is 3. The van der Waals surface area contributed by atoms with Crippen molar-refractivity contribution in [3.05, 3.63) is 23.9 Å². The number of hydrogen-bond donors (Lipinski definition) is 3. The maximum absolute atomic E-state index is 11.4. The van der Waals surface area contributed by atoms with Crippen LogP contribution in [0.3, 0.4) is 0 Å². The molecule has 1 aromatic heterocycles. The highest BCUT2D eigenvalue weighted by atomic mass is 127. The molecule has 0 aliphatic carbocycles. The molecule has 1 amide bonds. The standard InChI is InChI=1S/C23H40N6O.HI/c1-4-6-7-8-10-18(3)28-23(25-5-2)27-17-20-11-9-14-26-22(20)29-15-12-19(13-16-29)21(24)30;/h9,11,14,18-19H,4-8,10,12-13,15-17H2,1-3H3,(H2,24,30)(H2,25,27,28);1H. The summed E-state index contributed by atoms with van der Waals surface area (Å²) >= 11 is 0. The average molecular weight is 545 g/mol. The van der Waals surface area contributed by atoms with Crippen LogP contribution in [0.4, 0.5) is 5.82 Å². The average Bonchev–Trinajstić information content (AvgIpc) is 2.75. The Morgan fingerprint density at radius 3 is 2.68 bits per heavy atom. The molecule has 1 aromatic rings. The number of amides is 1. The quantitative estimate of drug-likeness (QED) is 0.171. The van der Waals surface area contributed by atoms with E-state index in [2.05, 4.69) is 47.4 Å². The van der Waals surface area contributed by atoms with Crippen molar-refractivity contribution < 1.29 is 4.79 Å². The Bertz CT molecular complexity index is 676. The van der Waals surface area contributed by atoms with Gasteiger partial charge in [0.2, 0.25) is 5.91 Å². The van der Waals surface area contributed by atoms with E-state index in [0.29, 0.717) is 12.6 Å². The van der Waals surface area contributed by atoms with Crippen LogP contribution in [-0.2, 0) is 11.3 Å². The van der Waals surface area contributed by atoms with Crippen LogP contribution < -0.4 is 21.3 Å². The number of nitrogens with one attached hydrogen (secondary N) is 2. The number of pyridine rings is 1. The topological polar surface area (TPSA) is 95.6 Å². The maximum atomic E-state index is 11.4. The Kier molecular flexibility index (Phi) is 13.5. The van der Waals surface area contributed by atoms with Crippen LogP contribution in [0.15, 0.2) is 23.3 Å². The third kappa shape index (κ3) is 9.62. The predicted octanol–water partition coefficient (Wildman–Crippen LogP) is 3.82. The number of rotatable bonds is 11. The Morgan fingerprint density at radius 2 is 2.03 bits per heavy atom. The summed E-state index contributed by atoms with van der Waals surface area (Å²) in [5.41, 5.74) is 6.57. The van der Waals surface area contributed by atoms with Crippen LogP contribution in [0, 0.1) is 5.92 Å². The SMILES string of the molecule is CCCCCCC(C)NC(=NCc1cccnc1N1CCC(C(N)=O)CC1)NCC.I. The summed E-state index contributed by atoms with van der Waals surface area (Å²) in [5.74, 6) is 1.61. The van der Waals surface area contributed by atoms with Crippen molar-refractivity contribution in [2.75, 3.05) is 24.5 Å². The Hall–Kier alpha value is -1.58. The molecule has 1 unspecified atom stereocenters. The van der Waals surface area contributed by atoms with Crippen molar-refractivity contribution in [3.8, 4) is 0 Å². The minimum atomic E-state index is -0.189. The zero-order chi connectivity index (χ0) is 21.8. The van der Waals surface area contributed by atoms with Crippen LogP contribution >= 0.6 is 24.0 Å². The smallest absolute Gasteiger partial charge is 0.220 e. The van der Waals surface area contributed by atoms with Crippen LogP contribution in [0.1, 0.15) is 71.3 Å². The van der Waals surface area contributed by atoms with Gasteiger partial charge in [0, 0.05) is 43.4 Å². The van der Waals surface area contributed by atoms with Gasteiger partial charge in [-0.2, -0.15) is 0 Å². The molecule has 1 atom stereocenters. The highest BCUT2D eigenvalue weighted by Gasteiger charge is 2.24. The number of nitrogens with two attached hydrogens (primary N) is 1. The molecule has 1 aliphatic rings. The van der Waals surface area contributed by atoms with Crippen LogP contribution in [0.2, 0.25) is 0 Å². The maximum Gasteiger partial charge on any atom is 0.220 e. The molecule has 0 bridgehead atoms. The van der Waals surface area contributed by atoms with Gasteiger partial charge < -0.3 is 21.3 Å². The second-order valence-corrected chi connectivity index (χ2v) is 8.24. The molecule has 8 heteroatoms. The number of carbonyl (C=O) groups is 1. The summed E-state index contributed by atoms with van der Waals surface area (Å²) in [7, 11) is 0. The molecule has 0 spiro atoms. The zero-order valence-electron chi connectivity index (χ0n) is 19.4. The predicted molar refractivity (Wildman–Crippen MR) is 140 cm³/mol.